The van der Waals surface area contributed by atoms with Gasteiger partial charge in [0.25, 0.3) is 0 Å². The number of rotatable bonds is 4. The minimum Gasteiger partial charge on any atom is -0.478 e. The Kier molecular flexibility index (Phi) is 4.51. The van der Waals surface area contributed by atoms with Gasteiger partial charge >= 0.3 is 11.9 Å². The monoisotopic (exact) mass is 343 g/mol. The van der Waals surface area contributed by atoms with Gasteiger partial charge in [0.2, 0.25) is 5.91 Å². The molecule has 0 aliphatic carbocycles. The molecule has 2 aromatic rings. The molecule has 0 spiro atoms. The molecule has 1 aromatic heterocycles. The number of carbonyl (C=O) groups excluding carboxylic acids is 2. The quantitative estimate of drug-likeness (QED) is 0.820. The van der Waals surface area contributed by atoms with Crippen LogP contribution in [0, 0.1) is 0 Å². The summed E-state index contributed by atoms with van der Waals surface area (Å²) in [6, 6.07) is 6.91. The number of nitrogens with zero attached hydrogens (tertiary/aromatic N) is 3. The van der Waals surface area contributed by atoms with Crippen LogP contribution in [0.3, 0.4) is 0 Å². The Hall–Kier alpha value is -3.16. The highest BCUT2D eigenvalue weighted by Gasteiger charge is 2.35. The molecule has 1 amide bonds. The Labute approximate surface area is 143 Å². The number of carbonyl (C=O) groups is 3. The summed E-state index contributed by atoms with van der Waals surface area (Å²) in [6.45, 7) is 0.144. The minimum absolute atomic E-state index is 0.00121. The van der Waals surface area contributed by atoms with E-state index in [1.807, 2.05) is 24.3 Å². The van der Waals surface area contributed by atoms with Crippen molar-refractivity contribution in [2.75, 3.05) is 7.11 Å². The molecule has 0 fully saturated rings. The lowest BCUT2D eigenvalue weighted by Gasteiger charge is -2.35. The smallest absolute Gasteiger partial charge is 0.338 e. The molecule has 8 heteroatoms. The zero-order valence-electron chi connectivity index (χ0n) is 13.6. The summed E-state index contributed by atoms with van der Waals surface area (Å²) in [6.07, 6.45) is 2.85. The second-order valence-corrected chi connectivity index (χ2v) is 5.77. The normalized spacial score (nSPS) is 16.2. The maximum atomic E-state index is 12.7. The first-order chi connectivity index (χ1) is 12.0. The molecule has 1 aliphatic heterocycles. The van der Waals surface area contributed by atoms with Crippen LogP contribution in [0.5, 0.6) is 0 Å². The highest BCUT2D eigenvalue weighted by Crippen LogP contribution is 2.24. The van der Waals surface area contributed by atoms with Gasteiger partial charge in [0, 0.05) is 19.2 Å². The van der Waals surface area contributed by atoms with Crippen LogP contribution in [0.4, 0.5) is 0 Å². The van der Waals surface area contributed by atoms with Crippen molar-refractivity contribution >= 4 is 17.8 Å². The van der Waals surface area contributed by atoms with E-state index in [-0.39, 0.29) is 18.0 Å². The lowest BCUT2D eigenvalue weighted by molar-refractivity contribution is -0.154. The number of aromatic nitrogens is 2. The fraction of sp³-hybridized carbons (Fsp3) is 0.294. The van der Waals surface area contributed by atoms with Gasteiger partial charge in [0.1, 0.15) is 12.6 Å². The van der Waals surface area contributed by atoms with E-state index in [0.717, 1.165) is 11.1 Å². The molecule has 1 atom stereocenters. The highest BCUT2D eigenvalue weighted by molar-refractivity contribution is 5.87. The molecule has 25 heavy (non-hydrogen) atoms. The number of fused-ring (bicyclic) bond motifs is 1. The number of amides is 1. The summed E-state index contributed by atoms with van der Waals surface area (Å²) in [4.78, 5) is 37.2. The Bertz CT molecular complexity index is 829. The van der Waals surface area contributed by atoms with E-state index in [2.05, 4.69) is 5.10 Å². The molecule has 1 N–H and O–H groups in total. The van der Waals surface area contributed by atoms with Crippen LogP contribution < -0.4 is 0 Å². The maximum absolute atomic E-state index is 12.7. The van der Waals surface area contributed by atoms with Crippen molar-refractivity contribution in [3.63, 3.8) is 0 Å². The third-order valence-corrected chi connectivity index (χ3v) is 4.22. The predicted molar refractivity (Wildman–Crippen MR) is 85.7 cm³/mol. The molecule has 0 saturated carbocycles. The fourth-order valence-corrected chi connectivity index (χ4v) is 2.92. The highest BCUT2D eigenvalue weighted by atomic mass is 16.5. The van der Waals surface area contributed by atoms with E-state index in [1.54, 1.807) is 0 Å². The van der Waals surface area contributed by atoms with Gasteiger partial charge in [-0.3, -0.25) is 9.48 Å². The fourth-order valence-electron chi connectivity index (χ4n) is 2.92. The number of methoxy groups -OCH3 is 1. The second-order valence-electron chi connectivity index (χ2n) is 5.77. The summed E-state index contributed by atoms with van der Waals surface area (Å²) in [5, 5.41) is 12.8. The van der Waals surface area contributed by atoms with Gasteiger partial charge in [-0.25, -0.2) is 9.59 Å². The van der Waals surface area contributed by atoms with E-state index in [4.69, 9.17) is 9.84 Å². The predicted octanol–water partition coefficient (Wildman–Crippen LogP) is 0.708. The van der Waals surface area contributed by atoms with Crippen molar-refractivity contribution in [3.05, 3.63) is 53.3 Å². The first-order valence-electron chi connectivity index (χ1n) is 7.69. The topological polar surface area (TPSA) is 102 Å². The van der Waals surface area contributed by atoms with Crippen LogP contribution in [-0.4, -0.2) is 50.8 Å². The molecule has 0 radical (unpaired) electrons. The minimum atomic E-state index is -1.11. The summed E-state index contributed by atoms with van der Waals surface area (Å²) in [5.41, 5.74) is 1.98. The average Bonchev–Trinajstić information content (AvgIpc) is 3.08. The Morgan fingerprint density at radius 3 is 2.64 bits per heavy atom. The van der Waals surface area contributed by atoms with Crippen LogP contribution in [0.25, 0.3) is 0 Å². The number of ether oxygens (including phenoxy) is 1. The molecule has 0 bridgehead atoms. The number of hydrogen-bond acceptors (Lipinski definition) is 5. The Morgan fingerprint density at radius 2 is 2.00 bits per heavy atom. The molecule has 8 nitrogen and oxygen atoms in total. The van der Waals surface area contributed by atoms with E-state index in [1.165, 1.54) is 29.1 Å². The van der Waals surface area contributed by atoms with Gasteiger partial charge in [-0.15, -0.1) is 0 Å². The molecule has 1 aromatic carbocycles. The van der Waals surface area contributed by atoms with Gasteiger partial charge in [0.05, 0.1) is 18.9 Å². The molecule has 0 saturated heterocycles. The number of aromatic carboxylic acids is 1. The van der Waals surface area contributed by atoms with E-state index < -0.39 is 18.0 Å². The van der Waals surface area contributed by atoms with Gasteiger partial charge in [-0.1, -0.05) is 24.3 Å². The lowest BCUT2D eigenvalue weighted by atomic mass is 9.94. The van der Waals surface area contributed by atoms with Gasteiger partial charge in [-0.2, -0.15) is 5.10 Å². The van der Waals surface area contributed by atoms with Crippen LogP contribution >= 0.6 is 0 Å². The van der Waals surface area contributed by atoms with Crippen molar-refractivity contribution in [3.8, 4) is 0 Å². The SMILES string of the molecule is COC(=O)C1Cc2ccccc2CN1C(=O)Cn1cc(C(=O)O)cn1. The van der Waals surface area contributed by atoms with Crippen molar-refractivity contribution in [1.82, 2.24) is 14.7 Å². The molecular weight excluding hydrogens is 326 g/mol. The first-order valence-corrected chi connectivity index (χ1v) is 7.69. The average molecular weight is 343 g/mol. The summed E-state index contributed by atoms with van der Waals surface area (Å²) < 4.78 is 6.09. The summed E-state index contributed by atoms with van der Waals surface area (Å²) in [5.74, 6) is -1.92. The zero-order valence-corrected chi connectivity index (χ0v) is 13.6. The summed E-state index contributed by atoms with van der Waals surface area (Å²) >= 11 is 0. The third kappa shape index (κ3) is 3.37. The van der Waals surface area contributed by atoms with Crippen molar-refractivity contribution in [2.24, 2.45) is 0 Å². The third-order valence-electron chi connectivity index (χ3n) is 4.22. The van der Waals surface area contributed by atoms with Crippen LogP contribution in [0.1, 0.15) is 21.5 Å². The molecule has 3 rings (SSSR count). The van der Waals surface area contributed by atoms with Crippen LogP contribution in [0.15, 0.2) is 36.7 Å². The van der Waals surface area contributed by atoms with Crippen molar-refractivity contribution in [1.29, 1.82) is 0 Å². The van der Waals surface area contributed by atoms with Crippen molar-refractivity contribution in [2.45, 2.75) is 25.6 Å². The molecule has 130 valence electrons. The van der Waals surface area contributed by atoms with E-state index in [0.29, 0.717) is 13.0 Å². The lowest BCUT2D eigenvalue weighted by Crippen LogP contribution is -2.50. The first kappa shape index (κ1) is 16.7. The van der Waals surface area contributed by atoms with Crippen molar-refractivity contribution < 1.29 is 24.2 Å². The van der Waals surface area contributed by atoms with Gasteiger partial charge in [0.15, 0.2) is 0 Å². The molecule has 1 unspecified atom stereocenters. The molecular formula is C17H17N3O5. The Morgan fingerprint density at radius 1 is 1.28 bits per heavy atom. The number of esters is 1. The van der Waals surface area contributed by atoms with E-state index >= 15 is 0 Å². The molecule has 1 aliphatic rings. The van der Waals surface area contributed by atoms with Crippen LogP contribution in [0.2, 0.25) is 0 Å². The standard InChI is InChI=1S/C17H17N3O5/c1-25-17(24)14-6-11-4-2-3-5-12(11)9-20(14)15(21)10-19-8-13(7-18-19)16(22)23/h2-5,7-8,14H,6,9-10H2,1H3,(H,22,23). The zero-order chi connectivity index (χ0) is 18.0. The second kappa shape index (κ2) is 6.76. The maximum Gasteiger partial charge on any atom is 0.338 e. The number of carboxylic acids is 1. The molecule has 2 heterocycles. The Balaban J connectivity index is 1.83. The number of hydrogen-bond donors (Lipinski definition) is 1. The largest absolute Gasteiger partial charge is 0.478 e. The van der Waals surface area contributed by atoms with Gasteiger partial charge in [-0.05, 0) is 11.1 Å². The number of benzene rings is 1. The van der Waals surface area contributed by atoms with Gasteiger partial charge < -0.3 is 14.7 Å². The summed E-state index contributed by atoms with van der Waals surface area (Å²) in [7, 11) is 1.29. The van der Waals surface area contributed by atoms with Crippen LogP contribution in [-0.2, 0) is 33.8 Å². The number of carboxylic acid groups (broad SMARTS) is 1. The van der Waals surface area contributed by atoms with E-state index in [9.17, 15) is 14.4 Å².